The summed E-state index contributed by atoms with van der Waals surface area (Å²) in [6.45, 7) is 0.236. The summed E-state index contributed by atoms with van der Waals surface area (Å²) in [5.74, 6) is 0.543. The fourth-order valence-electron chi connectivity index (χ4n) is 3.26. The standard InChI is InChI=1S/C19H20N4OS/c1-22(18(24)13-23-11-5-10-20-23)19-21-16-9-8-15(12-17(16)25-19)14-6-3-2-4-7-14/h2-7,10-11,15H,8-9,12-13H2,1H3. The number of hydrogen-bond acceptors (Lipinski definition) is 4. The Kier molecular flexibility index (Phi) is 4.36. The molecule has 1 aliphatic rings. The summed E-state index contributed by atoms with van der Waals surface area (Å²) >= 11 is 1.65. The van der Waals surface area contributed by atoms with Gasteiger partial charge in [0.25, 0.3) is 0 Å². The van der Waals surface area contributed by atoms with Crippen LogP contribution in [-0.4, -0.2) is 27.7 Å². The molecule has 1 unspecified atom stereocenters. The first kappa shape index (κ1) is 16.0. The number of aryl methyl sites for hydroxylation is 1. The van der Waals surface area contributed by atoms with E-state index in [2.05, 4.69) is 35.4 Å². The number of carbonyl (C=O) groups excluding carboxylic acids is 1. The quantitative estimate of drug-likeness (QED) is 0.724. The Balaban J connectivity index is 1.49. The van der Waals surface area contributed by atoms with Crippen molar-refractivity contribution in [2.45, 2.75) is 31.7 Å². The molecule has 3 aromatic rings. The Morgan fingerprint density at radius 2 is 2.16 bits per heavy atom. The first-order valence-electron chi connectivity index (χ1n) is 8.48. The molecule has 6 heteroatoms. The van der Waals surface area contributed by atoms with Gasteiger partial charge in [0.15, 0.2) is 5.13 Å². The number of nitrogens with zero attached hydrogens (tertiary/aromatic N) is 4. The zero-order valence-corrected chi connectivity index (χ0v) is 14.9. The highest BCUT2D eigenvalue weighted by Crippen LogP contribution is 2.37. The highest BCUT2D eigenvalue weighted by molar-refractivity contribution is 7.15. The van der Waals surface area contributed by atoms with E-state index in [1.807, 2.05) is 6.07 Å². The summed E-state index contributed by atoms with van der Waals surface area (Å²) < 4.78 is 1.64. The number of aromatic nitrogens is 3. The van der Waals surface area contributed by atoms with Gasteiger partial charge in [0.1, 0.15) is 6.54 Å². The third-order valence-corrected chi connectivity index (χ3v) is 5.91. The Morgan fingerprint density at radius 1 is 1.32 bits per heavy atom. The van der Waals surface area contributed by atoms with Gasteiger partial charge in [-0.3, -0.25) is 14.4 Å². The Bertz CT molecular complexity index is 857. The number of benzene rings is 1. The van der Waals surface area contributed by atoms with E-state index in [1.54, 1.807) is 40.4 Å². The van der Waals surface area contributed by atoms with Gasteiger partial charge in [0.05, 0.1) is 5.69 Å². The zero-order valence-electron chi connectivity index (χ0n) is 14.1. The molecule has 1 aliphatic carbocycles. The average molecular weight is 352 g/mol. The first-order valence-corrected chi connectivity index (χ1v) is 9.30. The zero-order chi connectivity index (χ0) is 17.2. The lowest BCUT2D eigenvalue weighted by atomic mass is 9.85. The Morgan fingerprint density at radius 3 is 2.92 bits per heavy atom. The van der Waals surface area contributed by atoms with Crippen molar-refractivity contribution in [2.75, 3.05) is 11.9 Å². The lowest BCUT2D eigenvalue weighted by Gasteiger charge is -2.21. The van der Waals surface area contributed by atoms with Gasteiger partial charge in [-0.25, -0.2) is 4.98 Å². The van der Waals surface area contributed by atoms with Gasteiger partial charge in [0.2, 0.25) is 5.91 Å². The van der Waals surface area contributed by atoms with Crippen molar-refractivity contribution < 1.29 is 4.79 Å². The molecule has 4 rings (SSSR count). The van der Waals surface area contributed by atoms with Crippen LogP contribution in [0.15, 0.2) is 48.8 Å². The van der Waals surface area contributed by atoms with Gasteiger partial charge < -0.3 is 0 Å². The van der Waals surface area contributed by atoms with Crippen molar-refractivity contribution in [1.29, 1.82) is 0 Å². The molecule has 0 saturated heterocycles. The van der Waals surface area contributed by atoms with Gasteiger partial charge in [-0.05, 0) is 36.8 Å². The van der Waals surface area contributed by atoms with Crippen molar-refractivity contribution in [3.8, 4) is 0 Å². The smallest absolute Gasteiger partial charge is 0.250 e. The van der Waals surface area contributed by atoms with E-state index in [4.69, 9.17) is 4.98 Å². The molecule has 0 N–H and O–H groups in total. The molecule has 1 amide bonds. The monoisotopic (exact) mass is 352 g/mol. The SMILES string of the molecule is CN(C(=O)Cn1cccn1)c1nc2c(s1)CC(c1ccccc1)CC2. The molecule has 1 atom stereocenters. The maximum Gasteiger partial charge on any atom is 0.250 e. The van der Waals surface area contributed by atoms with Crippen LogP contribution in [0.5, 0.6) is 0 Å². The van der Waals surface area contributed by atoms with E-state index in [0.717, 1.165) is 30.1 Å². The molecule has 0 spiro atoms. The van der Waals surface area contributed by atoms with Gasteiger partial charge in [-0.2, -0.15) is 5.10 Å². The lowest BCUT2D eigenvalue weighted by Crippen LogP contribution is -2.30. The maximum atomic E-state index is 12.4. The predicted molar refractivity (Wildman–Crippen MR) is 99.0 cm³/mol. The summed E-state index contributed by atoms with van der Waals surface area (Å²) in [6, 6.07) is 12.5. The molecule has 5 nitrogen and oxygen atoms in total. The number of hydrogen-bond donors (Lipinski definition) is 0. The minimum absolute atomic E-state index is 0.00518. The van der Waals surface area contributed by atoms with Crippen LogP contribution in [0.3, 0.4) is 0 Å². The van der Waals surface area contributed by atoms with Crippen LogP contribution in [0.25, 0.3) is 0 Å². The molecule has 0 aliphatic heterocycles. The van der Waals surface area contributed by atoms with Crippen molar-refractivity contribution in [2.24, 2.45) is 0 Å². The number of likely N-dealkylation sites (N-methyl/N-ethyl adjacent to an activating group) is 1. The van der Waals surface area contributed by atoms with Crippen LogP contribution < -0.4 is 4.90 Å². The van der Waals surface area contributed by atoms with E-state index >= 15 is 0 Å². The number of carbonyl (C=O) groups is 1. The van der Waals surface area contributed by atoms with Crippen LogP contribution in [0, 0.1) is 0 Å². The first-order chi connectivity index (χ1) is 12.2. The van der Waals surface area contributed by atoms with Crippen molar-refractivity contribution in [3.05, 3.63) is 64.9 Å². The van der Waals surface area contributed by atoms with Crippen molar-refractivity contribution >= 4 is 22.4 Å². The number of anilines is 1. The van der Waals surface area contributed by atoms with Gasteiger partial charge >= 0.3 is 0 Å². The van der Waals surface area contributed by atoms with Crippen LogP contribution >= 0.6 is 11.3 Å². The van der Waals surface area contributed by atoms with Gasteiger partial charge in [-0.15, -0.1) is 11.3 Å². The third kappa shape index (κ3) is 3.35. The molecular formula is C19H20N4OS. The summed E-state index contributed by atoms with van der Waals surface area (Å²) in [5, 5.41) is 4.88. The molecule has 2 heterocycles. The molecule has 1 aromatic carbocycles. The lowest BCUT2D eigenvalue weighted by molar-refractivity contribution is -0.119. The topological polar surface area (TPSA) is 51.0 Å². The average Bonchev–Trinajstić information content (AvgIpc) is 3.30. The molecule has 0 saturated carbocycles. The van der Waals surface area contributed by atoms with E-state index < -0.39 is 0 Å². The Hall–Kier alpha value is -2.47. The minimum Gasteiger partial charge on any atom is -0.290 e. The summed E-state index contributed by atoms with van der Waals surface area (Å²) in [6.07, 6.45) is 6.58. The molecule has 128 valence electrons. The highest BCUT2D eigenvalue weighted by Gasteiger charge is 2.25. The second-order valence-electron chi connectivity index (χ2n) is 6.37. The molecule has 25 heavy (non-hydrogen) atoms. The van der Waals surface area contributed by atoms with E-state index in [0.29, 0.717) is 5.92 Å². The number of fused-ring (bicyclic) bond motifs is 1. The minimum atomic E-state index is -0.00518. The maximum absolute atomic E-state index is 12.4. The van der Waals surface area contributed by atoms with Gasteiger partial charge in [-0.1, -0.05) is 30.3 Å². The summed E-state index contributed by atoms with van der Waals surface area (Å²) in [7, 11) is 1.80. The number of rotatable bonds is 4. The molecular weight excluding hydrogens is 332 g/mol. The van der Waals surface area contributed by atoms with Crippen molar-refractivity contribution in [1.82, 2.24) is 14.8 Å². The second-order valence-corrected chi connectivity index (χ2v) is 7.44. The van der Waals surface area contributed by atoms with E-state index in [-0.39, 0.29) is 12.5 Å². The van der Waals surface area contributed by atoms with Crippen LogP contribution in [0.1, 0.15) is 28.5 Å². The normalized spacial score (nSPS) is 16.4. The molecule has 0 fully saturated rings. The molecule has 0 bridgehead atoms. The fourth-order valence-corrected chi connectivity index (χ4v) is 4.42. The predicted octanol–water partition coefficient (Wildman–Crippen LogP) is 3.28. The van der Waals surface area contributed by atoms with Crippen LogP contribution in [0.2, 0.25) is 0 Å². The second kappa shape index (κ2) is 6.80. The molecule has 2 aromatic heterocycles. The van der Waals surface area contributed by atoms with Crippen LogP contribution in [0.4, 0.5) is 5.13 Å². The third-order valence-electron chi connectivity index (χ3n) is 4.72. The summed E-state index contributed by atoms with van der Waals surface area (Å²) in [5.41, 5.74) is 2.55. The molecule has 0 radical (unpaired) electrons. The van der Waals surface area contributed by atoms with Gasteiger partial charge in [0, 0.05) is 24.3 Å². The largest absolute Gasteiger partial charge is 0.290 e. The van der Waals surface area contributed by atoms with E-state index in [9.17, 15) is 4.79 Å². The number of thiazole rings is 1. The summed E-state index contributed by atoms with van der Waals surface area (Å²) in [4.78, 5) is 20.1. The van der Waals surface area contributed by atoms with E-state index in [1.165, 1.54) is 10.4 Å². The van der Waals surface area contributed by atoms with Crippen LogP contribution in [-0.2, 0) is 24.2 Å². The fraction of sp³-hybridized carbons (Fsp3) is 0.316. The van der Waals surface area contributed by atoms with Crippen molar-refractivity contribution in [3.63, 3.8) is 0 Å². The Labute approximate surface area is 150 Å². The highest BCUT2D eigenvalue weighted by atomic mass is 32.1. The number of amides is 1.